The van der Waals surface area contributed by atoms with Gasteiger partial charge in [0.15, 0.2) is 5.69 Å². The Morgan fingerprint density at radius 3 is 2.65 bits per heavy atom. The molecule has 0 atom stereocenters. The van der Waals surface area contributed by atoms with E-state index in [-0.39, 0.29) is 5.69 Å². The van der Waals surface area contributed by atoms with Gasteiger partial charge in [-0.25, -0.2) is 13.1 Å². The maximum atomic E-state index is 12.0. The van der Waals surface area contributed by atoms with E-state index in [1.165, 1.54) is 6.08 Å². The molecule has 0 saturated carbocycles. The Kier molecular flexibility index (Phi) is 5.33. The molecular formula is C16H19N3O3S. The van der Waals surface area contributed by atoms with E-state index < -0.39 is 15.9 Å². The third-order valence-corrected chi connectivity index (χ3v) is 3.93. The van der Waals surface area contributed by atoms with Crippen molar-refractivity contribution < 1.29 is 13.2 Å². The van der Waals surface area contributed by atoms with E-state index in [0.29, 0.717) is 5.92 Å². The summed E-state index contributed by atoms with van der Waals surface area (Å²) in [5.74, 6) is -0.349. The lowest BCUT2D eigenvalue weighted by molar-refractivity contribution is 0.0977. The van der Waals surface area contributed by atoms with Crippen molar-refractivity contribution in [2.45, 2.75) is 20.3 Å². The number of amides is 1. The highest BCUT2D eigenvalue weighted by Gasteiger charge is 2.16. The second kappa shape index (κ2) is 7.23. The summed E-state index contributed by atoms with van der Waals surface area (Å²) in [5.41, 5.74) is 1.57. The molecule has 0 spiro atoms. The van der Waals surface area contributed by atoms with Crippen molar-refractivity contribution in [3.63, 3.8) is 0 Å². The first-order valence-electron chi connectivity index (χ1n) is 7.20. The fourth-order valence-electron chi connectivity index (χ4n) is 1.97. The Morgan fingerprint density at radius 1 is 1.30 bits per heavy atom. The van der Waals surface area contributed by atoms with Gasteiger partial charge in [-0.15, -0.1) is 0 Å². The van der Waals surface area contributed by atoms with Crippen LogP contribution in [0.1, 0.15) is 35.6 Å². The number of hydrogen-bond donors (Lipinski definition) is 2. The van der Waals surface area contributed by atoms with Crippen LogP contribution in [0.25, 0.3) is 6.08 Å². The maximum Gasteiger partial charge on any atom is 0.285 e. The molecule has 0 aliphatic carbocycles. The number of nitrogens with one attached hydrogen (secondary N) is 2. The summed E-state index contributed by atoms with van der Waals surface area (Å²) in [6, 6.07) is 10.5. The highest BCUT2D eigenvalue weighted by atomic mass is 32.2. The topological polar surface area (TPSA) is 91.9 Å². The van der Waals surface area contributed by atoms with Gasteiger partial charge in [0, 0.05) is 5.69 Å². The van der Waals surface area contributed by atoms with Crippen LogP contribution in [-0.4, -0.2) is 24.5 Å². The van der Waals surface area contributed by atoms with Gasteiger partial charge in [0.05, 0.1) is 5.41 Å². The Bertz CT molecular complexity index is 793. The van der Waals surface area contributed by atoms with Crippen molar-refractivity contribution >= 4 is 22.0 Å². The number of sulfonamides is 1. The van der Waals surface area contributed by atoms with E-state index in [4.69, 9.17) is 0 Å². The minimum Gasteiger partial charge on any atom is -0.282 e. The predicted molar refractivity (Wildman–Crippen MR) is 89.0 cm³/mol. The van der Waals surface area contributed by atoms with Gasteiger partial charge in [-0.1, -0.05) is 44.2 Å². The number of H-pyrrole nitrogens is 1. The van der Waals surface area contributed by atoms with Crippen molar-refractivity contribution in [1.82, 2.24) is 14.9 Å². The Hall–Kier alpha value is -2.41. The van der Waals surface area contributed by atoms with Crippen LogP contribution in [-0.2, 0) is 16.4 Å². The van der Waals surface area contributed by atoms with Gasteiger partial charge in [-0.05, 0) is 30.0 Å². The lowest BCUT2D eigenvalue weighted by Crippen LogP contribution is -2.29. The van der Waals surface area contributed by atoms with E-state index in [0.717, 1.165) is 23.1 Å². The van der Waals surface area contributed by atoms with Crippen LogP contribution < -0.4 is 4.72 Å². The fraction of sp³-hybridized carbons (Fsp3) is 0.250. The zero-order valence-corrected chi connectivity index (χ0v) is 13.8. The Balaban J connectivity index is 2.03. The van der Waals surface area contributed by atoms with E-state index in [9.17, 15) is 13.2 Å². The minimum atomic E-state index is -3.87. The molecule has 0 fully saturated rings. The minimum absolute atomic E-state index is 0.0531. The molecule has 0 saturated heterocycles. The van der Waals surface area contributed by atoms with Crippen LogP contribution in [0, 0.1) is 5.92 Å². The summed E-state index contributed by atoms with van der Waals surface area (Å²) in [4.78, 5) is 12.0. The molecule has 1 heterocycles. The van der Waals surface area contributed by atoms with Crippen molar-refractivity contribution in [2.24, 2.45) is 5.92 Å². The lowest BCUT2D eigenvalue weighted by Gasteiger charge is -2.00. The summed E-state index contributed by atoms with van der Waals surface area (Å²) >= 11 is 0. The van der Waals surface area contributed by atoms with Gasteiger partial charge < -0.3 is 0 Å². The highest BCUT2D eigenvalue weighted by Crippen LogP contribution is 2.08. The zero-order valence-electron chi connectivity index (χ0n) is 13.0. The number of carbonyl (C=O) groups is 1. The van der Waals surface area contributed by atoms with Gasteiger partial charge in [-0.3, -0.25) is 9.89 Å². The number of aromatic amines is 1. The first kappa shape index (κ1) is 17.0. The van der Waals surface area contributed by atoms with E-state index in [1.807, 2.05) is 24.6 Å². The quantitative estimate of drug-likeness (QED) is 0.849. The monoisotopic (exact) mass is 333 g/mol. The largest absolute Gasteiger partial charge is 0.285 e. The molecule has 2 aromatic rings. The summed E-state index contributed by atoms with van der Waals surface area (Å²) < 4.78 is 25.8. The molecule has 2 N–H and O–H groups in total. The van der Waals surface area contributed by atoms with Crippen LogP contribution in [0.15, 0.2) is 41.8 Å². The van der Waals surface area contributed by atoms with Gasteiger partial charge in [0.1, 0.15) is 0 Å². The summed E-state index contributed by atoms with van der Waals surface area (Å²) in [7, 11) is -3.87. The van der Waals surface area contributed by atoms with E-state index >= 15 is 0 Å². The number of aromatic nitrogens is 2. The van der Waals surface area contributed by atoms with Crippen LogP contribution in [0.4, 0.5) is 0 Å². The van der Waals surface area contributed by atoms with Crippen molar-refractivity contribution in [2.75, 3.05) is 0 Å². The van der Waals surface area contributed by atoms with Crippen LogP contribution >= 0.6 is 0 Å². The van der Waals surface area contributed by atoms with Crippen LogP contribution in [0.3, 0.4) is 0 Å². The van der Waals surface area contributed by atoms with Gasteiger partial charge >= 0.3 is 0 Å². The van der Waals surface area contributed by atoms with Gasteiger partial charge in [0.2, 0.25) is 0 Å². The molecule has 1 amide bonds. The Morgan fingerprint density at radius 2 is 2.00 bits per heavy atom. The van der Waals surface area contributed by atoms with Crippen molar-refractivity contribution in [3.8, 4) is 0 Å². The standard InChI is InChI=1S/C16H19N3O3S/c1-12(2)10-14-11-15(18-17-14)16(20)19-23(21,22)9-8-13-6-4-3-5-7-13/h3-9,11-12H,10H2,1-2H3,(H,17,18)(H,19,20). The van der Waals surface area contributed by atoms with E-state index in [1.54, 1.807) is 30.3 Å². The SMILES string of the molecule is CC(C)Cc1cc(C(=O)NS(=O)(=O)C=Cc2ccccc2)n[nH]1. The lowest BCUT2D eigenvalue weighted by atomic mass is 10.1. The molecular weight excluding hydrogens is 314 g/mol. The average Bonchev–Trinajstić information content (AvgIpc) is 2.94. The van der Waals surface area contributed by atoms with Crippen LogP contribution in [0.2, 0.25) is 0 Å². The van der Waals surface area contributed by atoms with Gasteiger partial charge in [-0.2, -0.15) is 5.10 Å². The molecule has 1 aromatic carbocycles. The van der Waals surface area contributed by atoms with Crippen LogP contribution in [0.5, 0.6) is 0 Å². The molecule has 1 aromatic heterocycles. The molecule has 122 valence electrons. The molecule has 7 heteroatoms. The molecule has 6 nitrogen and oxygen atoms in total. The maximum absolute atomic E-state index is 12.0. The Labute approximate surface area is 135 Å². The molecule has 2 rings (SSSR count). The average molecular weight is 333 g/mol. The molecule has 0 radical (unpaired) electrons. The summed E-state index contributed by atoms with van der Waals surface area (Å²) in [6.07, 6.45) is 2.16. The second-order valence-electron chi connectivity index (χ2n) is 5.57. The fourth-order valence-corrected chi connectivity index (χ4v) is 2.74. The number of rotatable bonds is 6. The number of benzene rings is 1. The first-order chi connectivity index (χ1) is 10.9. The number of nitrogens with zero attached hydrogens (tertiary/aromatic N) is 1. The van der Waals surface area contributed by atoms with E-state index in [2.05, 4.69) is 10.2 Å². The van der Waals surface area contributed by atoms with Crippen molar-refractivity contribution in [3.05, 3.63) is 58.8 Å². The number of hydrogen-bond acceptors (Lipinski definition) is 4. The first-order valence-corrected chi connectivity index (χ1v) is 8.75. The van der Waals surface area contributed by atoms with Crippen molar-refractivity contribution in [1.29, 1.82) is 0 Å². The zero-order chi connectivity index (χ0) is 16.9. The van der Waals surface area contributed by atoms with Gasteiger partial charge in [0.25, 0.3) is 15.9 Å². The molecule has 0 unspecified atom stereocenters. The highest BCUT2D eigenvalue weighted by molar-refractivity contribution is 7.93. The molecule has 0 aliphatic rings. The predicted octanol–water partition coefficient (Wildman–Crippen LogP) is 2.34. The molecule has 0 aliphatic heterocycles. The smallest absolute Gasteiger partial charge is 0.282 e. The normalized spacial score (nSPS) is 12.0. The third kappa shape index (κ3) is 5.37. The summed E-state index contributed by atoms with van der Waals surface area (Å²) in [5, 5.41) is 7.54. The molecule has 23 heavy (non-hydrogen) atoms. The second-order valence-corrected chi connectivity index (χ2v) is 7.13. The summed E-state index contributed by atoms with van der Waals surface area (Å²) in [6.45, 7) is 4.08. The number of carbonyl (C=O) groups excluding carboxylic acids is 1. The molecule has 0 bridgehead atoms. The third-order valence-electron chi connectivity index (χ3n) is 2.97.